The molecule has 0 saturated heterocycles. The number of hydrogen-bond acceptors (Lipinski definition) is 5. The van der Waals surface area contributed by atoms with Crippen molar-refractivity contribution in [2.45, 2.75) is 30.7 Å². The molecule has 7 nitrogen and oxygen atoms in total. The lowest BCUT2D eigenvalue weighted by molar-refractivity contribution is -0.116. The molecule has 1 aliphatic rings. The van der Waals surface area contributed by atoms with E-state index in [2.05, 4.69) is 10.0 Å². The van der Waals surface area contributed by atoms with Gasteiger partial charge in [0.05, 0.1) is 25.0 Å². The number of fused-ring (bicyclic) bond motifs is 1. The summed E-state index contributed by atoms with van der Waals surface area (Å²) in [6.45, 7) is 3.48. The Morgan fingerprint density at radius 3 is 2.52 bits per heavy atom. The summed E-state index contributed by atoms with van der Waals surface area (Å²) in [6, 6.07) is 9.29. The maximum Gasteiger partial charge on any atom is 0.241 e. The number of sulfonamides is 1. The summed E-state index contributed by atoms with van der Waals surface area (Å²) in [5, 5.41) is 2.74. The van der Waals surface area contributed by atoms with Gasteiger partial charge in [-0.25, -0.2) is 13.1 Å². The van der Waals surface area contributed by atoms with Crippen molar-refractivity contribution >= 4 is 21.6 Å². The van der Waals surface area contributed by atoms with Crippen LogP contribution in [-0.2, 0) is 14.8 Å². The van der Waals surface area contributed by atoms with Gasteiger partial charge in [0.1, 0.15) is 11.5 Å². The third-order valence-corrected chi connectivity index (χ3v) is 6.22. The summed E-state index contributed by atoms with van der Waals surface area (Å²) in [5.41, 5.74) is 1.98. The second kappa shape index (κ2) is 7.21. The molecule has 0 fully saturated rings. The normalized spacial score (nSPS) is 17.2. The quantitative estimate of drug-likeness (QED) is 0.791. The third-order valence-electron chi connectivity index (χ3n) is 4.69. The first-order valence-corrected chi connectivity index (χ1v) is 9.94. The van der Waals surface area contributed by atoms with Gasteiger partial charge in [-0.3, -0.25) is 4.79 Å². The lowest BCUT2D eigenvalue weighted by Gasteiger charge is -2.18. The van der Waals surface area contributed by atoms with Crippen molar-refractivity contribution in [3.8, 4) is 11.5 Å². The molecule has 0 aliphatic carbocycles. The van der Waals surface area contributed by atoms with Gasteiger partial charge in [-0.05, 0) is 55.8 Å². The van der Waals surface area contributed by atoms with Crippen molar-refractivity contribution in [2.24, 2.45) is 0 Å². The van der Waals surface area contributed by atoms with Gasteiger partial charge < -0.3 is 14.8 Å². The Kier molecular flexibility index (Phi) is 5.12. The smallest absolute Gasteiger partial charge is 0.241 e. The largest absolute Gasteiger partial charge is 0.497 e. The molecule has 8 heteroatoms. The lowest BCUT2D eigenvalue weighted by atomic mass is 10.0. The molecule has 27 heavy (non-hydrogen) atoms. The third kappa shape index (κ3) is 3.63. The monoisotopic (exact) mass is 390 g/mol. The summed E-state index contributed by atoms with van der Waals surface area (Å²) in [6.07, 6.45) is 0. The SMILES string of the molecule is COc1ccc(OC)c([C@H](C)NS(=O)(=O)c2ccc3c(c2)[C@H](C)C(=O)N3)c1. The van der Waals surface area contributed by atoms with E-state index in [1.54, 1.807) is 45.2 Å². The van der Waals surface area contributed by atoms with Crippen LogP contribution in [0.4, 0.5) is 5.69 Å². The summed E-state index contributed by atoms with van der Waals surface area (Å²) in [5.74, 6) is 0.643. The van der Waals surface area contributed by atoms with Gasteiger partial charge in [-0.2, -0.15) is 0 Å². The Morgan fingerprint density at radius 2 is 1.85 bits per heavy atom. The van der Waals surface area contributed by atoms with Crippen LogP contribution in [0.25, 0.3) is 0 Å². The number of anilines is 1. The molecular formula is C19H22N2O5S. The first-order chi connectivity index (χ1) is 12.8. The topological polar surface area (TPSA) is 93.7 Å². The van der Waals surface area contributed by atoms with Crippen LogP contribution in [0.3, 0.4) is 0 Å². The number of methoxy groups -OCH3 is 2. The minimum atomic E-state index is -3.80. The first-order valence-electron chi connectivity index (χ1n) is 8.46. The molecule has 0 aromatic heterocycles. The standard InChI is InChI=1S/C19H22N2O5S/c1-11-15-10-14(6-7-17(15)20-19(11)22)27(23,24)21-12(2)16-9-13(25-3)5-8-18(16)26-4/h5-12,21H,1-4H3,(H,20,22)/t11-,12-/m0/s1. The number of carbonyl (C=O) groups is 1. The van der Waals surface area contributed by atoms with E-state index in [0.29, 0.717) is 28.3 Å². The molecule has 3 rings (SSSR count). The summed E-state index contributed by atoms with van der Waals surface area (Å²) in [7, 11) is -0.731. The zero-order valence-electron chi connectivity index (χ0n) is 15.6. The van der Waals surface area contributed by atoms with Gasteiger partial charge in [0, 0.05) is 17.3 Å². The number of carbonyl (C=O) groups excluding carboxylic acids is 1. The number of nitrogens with one attached hydrogen (secondary N) is 2. The minimum absolute atomic E-state index is 0.110. The van der Waals surface area contributed by atoms with E-state index < -0.39 is 16.1 Å². The van der Waals surface area contributed by atoms with Gasteiger partial charge in [-0.15, -0.1) is 0 Å². The van der Waals surface area contributed by atoms with Crippen LogP contribution in [0.1, 0.15) is 36.9 Å². The van der Waals surface area contributed by atoms with Crippen LogP contribution in [0.2, 0.25) is 0 Å². The molecule has 2 atom stereocenters. The molecule has 0 spiro atoms. The first kappa shape index (κ1) is 19.2. The summed E-state index contributed by atoms with van der Waals surface area (Å²) >= 11 is 0. The van der Waals surface area contributed by atoms with Crippen LogP contribution in [0.5, 0.6) is 11.5 Å². The maximum atomic E-state index is 12.9. The van der Waals surface area contributed by atoms with E-state index in [4.69, 9.17) is 9.47 Å². The summed E-state index contributed by atoms with van der Waals surface area (Å²) in [4.78, 5) is 11.9. The van der Waals surface area contributed by atoms with Crippen molar-refractivity contribution in [1.82, 2.24) is 4.72 Å². The van der Waals surface area contributed by atoms with Gasteiger partial charge in [-0.1, -0.05) is 0 Å². The van der Waals surface area contributed by atoms with E-state index >= 15 is 0 Å². The molecule has 2 N–H and O–H groups in total. The number of benzene rings is 2. The van der Waals surface area contributed by atoms with E-state index in [9.17, 15) is 13.2 Å². The molecule has 0 saturated carbocycles. The predicted molar refractivity (Wildman–Crippen MR) is 102 cm³/mol. The van der Waals surface area contributed by atoms with Gasteiger partial charge >= 0.3 is 0 Å². The molecule has 0 bridgehead atoms. The van der Waals surface area contributed by atoms with Crippen LogP contribution >= 0.6 is 0 Å². The van der Waals surface area contributed by atoms with Crippen LogP contribution in [0, 0.1) is 0 Å². The van der Waals surface area contributed by atoms with Gasteiger partial charge in [0.15, 0.2) is 0 Å². The lowest BCUT2D eigenvalue weighted by Crippen LogP contribution is -2.27. The fraction of sp³-hybridized carbons (Fsp3) is 0.316. The Bertz CT molecular complexity index is 988. The van der Waals surface area contributed by atoms with Crippen molar-refractivity contribution in [1.29, 1.82) is 0 Å². The van der Waals surface area contributed by atoms with Crippen LogP contribution < -0.4 is 19.5 Å². The predicted octanol–water partition coefficient (Wildman–Crippen LogP) is 2.80. The van der Waals surface area contributed by atoms with Crippen molar-refractivity contribution in [3.05, 3.63) is 47.5 Å². The fourth-order valence-electron chi connectivity index (χ4n) is 3.10. The Morgan fingerprint density at radius 1 is 1.11 bits per heavy atom. The second-order valence-electron chi connectivity index (χ2n) is 6.41. The highest BCUT2D eigenvalue weighted by molar-refractivity contribution is 7.89. The van der Waals surface area contributed by atoms with Gasteiger partial charge in [0.2, 0.25) is 15.9 Å². The average molecular weight is 390 g/mol. The maximum absolute atomic E-state index is 12.9. The van der Waals surface area contributed by atoms with Crippen LogP contribution in [-0.4, -0.2) is 28.5 Å². The van der Waals surface area contributed by atoms with Crippen molar-refractivity contribution in [3.63, 3.8) is 0 Å². The molecule has 1 amide bonds. The molecule has 144 valence electrons. The minimum Gasteiger partial charge on any atom is -0.497 e. The molecule has 2 aromatic carbocycles. The molecule has 1 heterocycles. The van der Waals surface area contributed by atoms with E-state index in [1.807, 2.05) is 0 Å². The summed E-state index contributed by atoms with van der Waals surface area (Å²) < 4.78 is 39.0. The molecule has 0 radical (unpaired) electrons. The molecule has 0 unspecified atom stereocenters. The second-order valence-corrected chi connectivity index (χ2v) is 8.12. The van der Waals surface area contributed by atoms with E-state index in [-0.39, 0.29) is 16.7 Å². The van der Waals surface area contributed by atoms with Crippen LogP contribution in [0.15, 0.2) is 41.3 Å². The Labute approximate surface area is 158 Å². The Balaban J connectivity index is 1.90. The van der Waals surface area contributed by atoms with E-state index in [1.165, 1.54) is 19.2 Å². The highest BCUT2D eigenvalue weighted by Crippen LogP contribution is 2.34. The molecule has 1 aliphatic heterocycles. The molecule has 2 aromatic rings. The number of ether oxygens (including phenoxy) is 2. The number of hydrogen-bond donors (Lipinski definition) is 2. The highest BCUT2D eigenvalue weighted by atomic mass is 32.2. The molecular weight excluding hydrogens is 368 g/mol. The highest BCUT2D eigenvalue weighted by Gasteiger charge is 2.29. The van der Waals surface area contributed by atoms with Crippen molar-refractivity contribution < 1.29 is 22.7 Å². The van der Waals surface area contributed by atoms with Gasteiger partial charge in [0.25, 0.3) is 0 Å². The zero-order chi connectivity index (χ0) is 19.8. The van der Waals surface area contributed by atoms with E-state index in [0.717, 1.165) is 0 Å². The number of rotatable bonds is 6. The van der Waals surface area contributed by atoms with Crippen molar-refractivity contribution in [2.75, 3.05) is 19.5 Å². The zero-order valence-corrected chi connectivity index (χ0v) is 16.4. The number of amides is 1. The fourth-order valence-corrected chi connectivity index (χ4v) is 4.36. The Hall–Kier alpha value is -2.58. The average Bonchev–Trinajstić information content (AvgIpc) is 2.94.